The van der Waals surface area contributed by atoms with Crippen molar-refractivity contribution in [3.63, 3.8) is 0 Å². The van der Waals surface area contributed by atoms with Crippen molar-refractivity contribution < 1.29 is 8.42 Å². The molecule has 0 aliphatic carbocycles. The van der Waals surface area contributed by atoms with Crippen LogP contribution in [0.3, 0.4) is 0 Å². The summed E-state index contributed by atoms with van der Waals surface area (Å²) >= 11 is 1.63. The van der Waals surface area contributed by atoms with Gasteiger partial charge in [-0.2, -0.15) is 11.8 Å². The van der Waals surface area contributed by atoms with E-state index >= 15 is 0 Å². The van der Waals surface area contributed by atoms with Crippen LogP contribution in [-0.2, 0) is 9.84 Å². The lowest BCUT2D eigenvalue weighted by Crippen LogP contribution is -2.30. The van der Waals surface area contributed by atoms with E-state index in [1.165, 1.54) is 6.26 Å². The number of sulfone groups is 1. The van der Waals surface area contributed by atoms with E-state index < -0.39 is 9.84 Å². The van der Waals surface area contributed by atoms with Gasteiger partial charge in [0.2, 0.25) is 0 Å². The molecule has 0 radical (unpaired) electrons. The van der Waals surface area contributed by atoms with E-state index in [9.17, 15) is 8.42 Å². The Morgan fingerprint density at radius 2 is 2.00 bits per heavy atom. The minimum Gasteiger partial charge on any atom is -0.327 e. The molecular weight excluding hydrogens is 218 g/mol. The van der Waals surface area contributed by atoms with Crippen LogP contribution in [0.1, 0.15) is 20.3 Å². The first-order chi connectivity index (χ1) is 6.37. The second kappa shape index (κ2) is 6.69. The summed E-state index contributed by atoms with van der Waals surface area (Å²) in [6, 6.07) is 0.185. The highest BCUT2D eigenvalue weighted by molar-refractivity contribution is 8.00. The summed E-state index contributed by atoms with van der Waals surface area (Å²) in [6.07, 6.45) is 2.34. The molecule has 0 saturated carbocycles. The molecule has 86 valence electrons. The van der Waals surface area contributed by atoms with Crippen LogP contribution in [0.2, 0.25) is 0 Å². The van der Waals surface area contributed by atoms with Crippen LogP contribution in [-0.4, -0.2) is 38.0 Å². The Hall–Kier alpha value is 0.260. The molecule has 0 rings (SSSR count). The zero-order valence-corrected chi connectivity index (χ0v) is 10.8. The van der Waals surface area contributed by atoms with Gasteiger partial charge in [0.1, 0.15) is 9.84 Å². The standard InChI is InChI=1S/C9H21NO2S2/c1-4-8(2)9(10)7-13-5-6-14(3,11)12/h8-9H,4-7,10H2,1-3H3. The second-order valence-corrected chi connectivity index (χ2v) is 7.16. The van der Waals surface area contributed by atoms with Gasteiger partial charge in [0.25, 0.3) is 0 Å². The van der Waals surface area contributed by atoms with Crippen molar-refractivity contribution in [3.05, 3.63) is 0 Å². The fourth-order valence-electron chi connectivity index (χ4n) is 0.897. The maximum atomic E-state index is 10.8. The van der Waals surface area contributed by atoms with Crippen LogP contribution < -0.4 is 5.73 Å². The van der Waals surface area contributed by atoms with Crippen LogP contribution >= 0.6 is 11.8 Å². The van der Waals surface area contributed by atoms with Gasteiger partial charge in [-0.15, -0.1) is 0 Å². The molecule has 0 aromatic carbocycles. The zero-order chi connectivity index (χ0) is 11.2. The van der Waals surface area contributed by atoms with Crippen molar-refractivity contribution >= 4 is 21.6 Å². The summed E-state index contributed by atoms with van der Waals surface area (Å²) in [5.74, 6) is 2.28. The Morgan fingerprint density at radius 1 is 1.43 bits per heavy atom. The summed E-state index contributed by atoms with van der Waals surface area (Å²) in [5, 5.41) is 0. The quantitative estimate of drug-likeness (QED) is 0.677. The van der Waals surface area contributed by atoms with Gasteiger partial charge in [-0.1, -0.05) is 20.3 Å². The van der Waals surface area contributed by atoms with Gasteiger partial charge in [0.05, 0.1) is 5.75 Å². The van der Waals surface area contributed by atoms with E-state index in [2.05, 4.69) is 13.8 Å². The third-order valence-corrected chi connectivity index (χ3v) is 4.60. The molecule has 14 heavy (non-hydrogen) atoms. The molecule has 0 aromatic rings. The Bertz CT molecular complexity index is 239. The molecule has 5 heteroatoms. The third kappa shape index (κ3) is 7.64. The third-order valence-electron chi connectivity index (χ3n) is 2.28. The lowest BCUT2D eigenvalue weighted by Gasteiger charge is -2.17. The molecule has 2 unspecified atom stereocenters. The van der Waals surface area contributed by atoms with Crippen LogP contribution in [0.4, 0.5) is 0 Å². The first kappa shape index (κ1) is 14.3. The topological polar surface area (TPSA) is 60.2 Å². The fraction of sp³-hybridized carbons (Fsp3) is 1.00. The molecule has 0 saturated heterocycles. The molecule has 0 aromatic heterocycles. The van der Waals surface area contributed by atoms with Crippen LogP contribution in [0.5, 0.6) is 0 Å². The summed E-state index contributed by atoms with van der Waals surface area (Å²) < 4.78 is 21.6. The Balaban J connectivity index is 3.55. The molecule has 3 nitrogen and oxygen atoms in total. The molecular formula is C9H21NO2S2. The van der Waals surface area contributed by atoms with E-state index in [-0.39, 0.29) is 11.8 Å². The molecule has 0 bridgehead atoms. The van der Waals surface area contributed by atoms with E-state index in [0.717, 1.165) is 12.2 Å². The van der Waals surface area contributed by atoms with E-state index in [1.807, 2.05) is 0 Å². The summed E-state index contributed by atoms with van der Waals surface area (Å²) in [5.41, 5.74) is 5.91. The average molecular weight is 239 g/mol. The minimum absolute atomic E-state index is 0.185. The molecule has 0 heterocycles. The maximum absolute atomic E-state index is 10.8. The first-order valence-electron chi connectivity index (χ1n) is 4.88. The normalized spacial score (nSPS) is 16.6. The zero-order valence-electron chi connectivity index (χ0n) is 9.19. The average Bonchev–Trinajstić information content (AvgIpc) is 2.09. The highest BCUT2D eigenvalue weighted by atomic mass is 32.2. The molecule has 2 N–H and O–H groups in total. The predicted octanol–water partition coefficient (Wildman–Crippen LogP) is 1.14. The molecule has 0 spiro atoms. The number of hydrogen-bond donors (Lipinski definition) is 1. The van der Waals surface area contributed by atoms with Gasteiger partial charge in [0.15, 0.2) is 0 Å². The Morgan fingerprint density at radius 3 is 2.43 bits per heavy atom. The molecule has 0 aliphatic heterocycles. The SMILES string of the molecule is CCC(C)C(N)CSCCS(C)(=O)=O. The molecule has 0 aliphatic rings. The van der Waals surface area contributed by atoms with Crippen LogP contribution in [0.15, 0.2) is 0 Å². The van der Waals surface area contributed by atoms with Gasteiger partial charge in [0, 0.05) is 23.8 Å². The van der Waals surface area contributed by atoms with Gasteiger partial charge in [-0.25, -0.2) is 8.42 Å². The summed E-state index contributed by atoms with van der Waals surface area (Å²) in [6.45, 7) is 4.24. The van der Waals surface area contributed by atoms with E-state index in [1.54, 1.807) is 11.8 Å². The highest BCUT2D eigenvalue weighted by Crippen LogP contribution is 2.11. The maximum Gasteiger partial charge on any atom is 0.148 e. The number of hydrogen-bond acceptors (Lipinski definition) is 4. The first-order valence-corrected chi connectivity index (χ1v) is 8.09. The Kier molecular flexibility index (Phi) is 6.81. The molecule has 0 fully saturated rings. The second-order valence-electron chi connectivity index (χ2n) is 3.75. The van der Waals surface area contributed by atoms with Crippen molar-refractivity contribution in [2.45, 2.75) is 26.3 Å². The lowest BCUT2D eigenvalue weighted by atomic mass is 10.0. The van der Waals surface area contributed by atoms with Crippen molar-refractivity contribution in [1.29, 1.82) is 0 Å². The summed E-state index contributed by atoms with van der Waals surface area (Å²) in [4.78, 5) is 0. The van der Waals surface area contributed by atoms with Gasteiger partial charge < -0.3 is 5.73 Å². The smallest absolute Gasteiger partial charge is 0.148 e. The summed E-state index contributed by atoms with van der Waals surface area (Å²) in [7, 11) is -2.81. The van der Waals surface area contributed by atoms with Crippen molar-refractivity contribution in [2.24, 2.45) is 11.7 Å². The number of thioether (sulfide) groups is 1. The van der Waals surface area contributed by atoms with Gasteiger partial charge >= 0.3 is 0 Å². The van der Waals surface area contributed by atoms with Crippen molar-refractivity contribution in [2.75, 3.05) is 23.5 Å². The number of rotatable bonds is 7. The minimum atomic E-state index is -2.81. The molecule has 2 atom stereocenters. The van der Waals surface area contributed by atoms with Crippen molar-refractivity contribution in [3.8, 4) is 0 Å². The predicted molar refractivity (Wildman–Crippen MR) is 64.5 cm³/mol. The van der Waals surface area contributed by atoms with Crippen LogP contribution in [0, 0.1) is 5.92 Å². The van der Waals surface area contributed by atoms with E-state index in [4.69, 9.17) is 5.73 Å². The largest absolute Gasteiger partial charge is 0.327 e. The fourth-order valence-corrected chi connectivity index (χ4v) is 3.35. The Labute approximate surface area is 91.7 Å². The van der Waals surface area contributed by atoms with Crippen molar-refractivity contribution in [1.82, 2.24) is 0 Å². The highest BCUT2D eigenvalue weighted by Gasteiger charge is 2.10. The lowest BCUT2D eigenvalue weighted by molar-refractivity contribution is 0.475. The number of nitrogens with two attached hydrogens (primary N) is 1. The van der Waals surface area contributed by atoms with Gasteiger partial charge in [-0.05, 0) is 5.92 Å². The van der Waals surface area contributed by atoms with Gasteiger partial charge in [-0.3, -0.25) is 0 Å². The van der Waals surface area contributed by atoms with Crippen LogP contribution in [0.25, 0.3) is 0 Å². The molecule has 0 amide bonds. The monoisotopic (exact) mass is 239 g/mol. The van der Waals surface area contributed by atoms with E-state index in [0.29, 0.717) is 11.7 Å².